The standard InChI is InChI=1S/C11H11NO2/c1-7-4-3-5-8-9(6-13)11(14)12(2)10(7)8/h3-6,9H,1-2H3. The molecule has 0 aliphatic carbocycles. The first-order chi connectivity index (χ1) is 6.66. The first kappa shape index (κ1) is 8.94. The Hall–Kier alpha value is -1.64. The topological polar surface area (TPSA) is 37.4 Å². The van der Waals surface area contributed by atoms with Gasteiger partial charge in [-0.15, -0.1) is 0 Å². The summed E-state index contributed by atoms with van der Waals surface area (Å²) in [6, 6.07) is 5.65. The molecule has 1 aliphatic heterocycles. The number of anilines is 1. The largest absolute Gasteiger partial charge is 0.314 e. The molecule has 14 heavy (non-hydrogen) atoms. The van der Waals surface area contributed by atoms with Crippen molar-refractivity contribution in [1.29, 1.82) is 0 Å². The Bertz CT molecular complexity index is 412. The van der Waals surface area contributed by atoms with Crippen molar-refractivity contribution in [2.24, 2.45) is 0 Å². The third-order valence-corrected chi connectivity index (χ3v) is 2.67. The summed E-state index contributed by atoms with van der Waals surface area (Å²) >= 11 is 0. The van der Waals surface area contributed by atoms with E-state index >= 15 is 0 Å². The van der Waals surface area contributed by atoms with Crippen molar-refractivity contribution < 1.29 is 9.59 Å². The molecule has 1 unspecified atom stereocenters. The summed E-state index contributed by atoms with van der Waals surface area (Å²) in [5.74, 6) is -0.737. The molecule has 3 nitrogen and oxygen atoms in total. The predicted octanol–water partition coefficient (Wildman–Crippen LogP) is 1.25. The van der Waals surface area contributed by atoms with Gasteiger partial charge in [0.15, 0.2) is 0 Å². The zero-order valence-corrected chi connectivity index (χ0v) is 8.15. The van der Waals surface area contributed by atoms with Crippen molar-refractivity contribution in [3.8, 4) is 0 Å². The van der Waals surface area contributed by atoms with E-state index in [9.17, 15) is 9.59 Å². The van der Waals surface area contributed by atoms with E-state index in [0.717, 1.165) is 16.8 Å². The molecular weight excluding hydrogens is 178 g/mol. The smallest absolute Gasteiger partial charge is 0.241 e. The van der Waals surface area contributed by atoms with Gasteiger partial charge in [-0.25, -0.2) is 0 Å². The minimum atomic E-state index is -0.602. The number of aldehydes is 1. The summed E-state index contributed by atoms with van der Waals surface area (Å²) in [7, 11) is 1.71. The Morgan fingerprint density at radius 1 is 1.43 bits per heavy atom. The van der Waals surface area contributed by atoms with E-state index in [-0.39, 0.29) is 5.91 Å². The summed E-state index contributed by atoms with van der Waals surface area (Å²) in [6.45, 7) is 1.94. The minimum Gasteiger partial charge on any atom is -0.314 e. The Labute approximate surface area is 82.3 Å². The Kier molecular flexibility index (Phi) is 1.88. The molecule has 0 radical (unpaired) electrons. The molecule has 1 atom stereocenters. The second kappa shape index (κ2) is 2.94. The van der Waals surface area contributed by atoms with E-state index in [1.165, 1.54) is 0 Å². The highest BCUT2D eigenvalue weighted by molar-refractivity contribution is 6.13. The molecule has 1 heterocycles. The molecule has 0 aromatic heterocycles. The minimum absolute atomic E-state index is 0.135. The number of nitrogens with zero attached hydrogens (tertiary/aromatic N) is 1. The van der Waals surface area contributed by atoms with Crippen molar-refractivity contribution in [3.05, 3.63) is 29.3 Å². The van der Waals surface area contributed by atoms with Crippen LogP contribution in [0.25, 0.3) is 0 Å². The van der Waals surface area contributed by atoms with Gasteiger partial charge in [0.1, 0.15) is 12.2 Å². The van der Waals surface area contributed by atoms with Crippen LogP contribution in [0.15, 0.2) is 18.2 Å². The lowest BCUT2D eigenvalue weighted by Gasteiger charge is -2.12. The molecule has 0 saturated carbocycles. The molecule has 0 fully saturated rings. The number of amides is 1. The van der Waals surface area contributed by atoms with Crippen LogP contribution in [0.1, 0.15) is 17.0 Å². The fourth-order valence-corrected chi connectivity index (χ4v) is 1.97. The van der Waals surface area contributed by atoms with Gasteiger partial charge in [-0.1, -0.05) is 18.2 Å². The predicted molar refractivity (Wildman–Crippen MR) is 53.4 cm³/mol. The summed E-state index contributed by atoms with van der Waals surface area (Å²) in [5, 5.41) is 0. The van der Waals surface area contributed by atoms with Crippen LogP contribution in [0, 0.1) is 6.92 Å². The summed E-state index contributed by atoms with van der Waals surface area (Å²) in [4.78, 5) is 24.0. The Balaban J connectivity index is 2.66. The second-order valence-corrected chi connectivity index (χ2v) is 3.52. The van der Waals surface area contributed by atoms with Crippen LogP contribution in [0.5, 0.6) is 0 Å². The van der Waals surface area contributed by atoms with Crippen LogP contribution in [-0.4, -0.2) is 19.2 Å². The van der Waals surface area contributed by atoms with E-state index in [1.54, 1.807) is 11.9 Å². The molecule has 0 spiro atoms. The Morgan fingerprint density at radius 2 is 2.14 bits per heavy atom. The van der Waals surface area contributed by atoms with Crippen molar-refractivity contribution in [3.63, 3.8) is 0 Å². The number of carbonyl (C=O) groups is 2. The molecule has 0 bridgehead atoms. The monoisotopic (exact) mass is 189 g/mol. The van der Waals surface area contributed by atoms with Crippen molar-refractivity contribution in [2.45, 2.75) is 12.8 Å². The van der Waals surface area contributed by atoms with E-state index < -0.39 is 5.92 Å². The van der Waals surface area contributed by atoms with Gasteiger partial charge in [0.05, 0.1) is 5.69 Å². The van der Waals surface area contributed by atoms with Crippen LogP contribution in [0.2, 0.25) is 0 Å². The van der Waals surface area contributed by atoms with E-state index in [4.69, 9.17) is 0 Å². The number of carbonyl (C=O) groups excluding carboxylic acids is 2. The number of aryl methyl sites for hydroxylation is 1. The van der Waals surface area contributed by atoms with Gasteiger partial charge in [-0.2, -0.15) is 0 Å². The van der Waals surface area contributed by atoms with Gasteiger partial charge < -0.3 is 9.69 Å². The average Bonchev–Trinajstić information content (AvgIpc) is 2.41. The van der Waals surface area contributed by atoms with Crippen LogP contribution < -0.4 is 4.90 Å². The second-order valence-electron chi connectivity index (χ2n) is 3.52. The lowest BCUT2D eigenvalue weighted by atomic mass is 10.0. The third-order valence-electron chi connectivity index (χ3n) is 2.67. The number of hydrogen-bond donors (Lipinski definition) is 0. The van der Waals surface area contributed by atoms with Gasteiger partial charge in [0.2, 0.25) is 5.91 Å². The van der Waals surface area contributed by atoms with Crippen molar-refractivity contribution in [1.82, 2.24) is 0 Å². The number of benzene rings is 1. The summed E-state index contributed by atoms with van der Waals surface area (Å²) < 4.78 is 0. The van der Waals surface area contributed by atoms with Crippen molar-refractivity contribution >= 4 is 17.9 Å². The molecule has 0 saturated heterocycles. The quantitative estimate of drug-likeness (QED) is 0.492. The summed E-state index contributed by atoms with van der Waals surface area (Å²) in [5.41, 5.74) is 2.74. The maximum atomic E-state index is 11.6. The zero-order valence-electron chi connectivity index (χ0n) is 8.15. The zero-order chi connectivity index (χ0) is 10.3. The van der Waals surface area contributed by atoms with Crippen LogP contribution in [0.4, 0.5) is 5.69 Å². The molecule has 1 aromatic carbocycles. The van der Waals surface area contributed by atoms with Crippen LogP contribution in [0.3, 0.4) is 0 Å². The lowest BCUT2D eigenvalue weighted by molar-refractivity contribution is -0.122. The first-order valence-electron chi connectivity index (χ1n) is 4.49. The van der Waals surface area contributed by atoms with Crippen LogP contribution >= 0.6 is 0 Å². The normalized spacial score (nSPS) is 19.7. The van der Waals surface area contributed by atoms with Gasteiger partial charge in [0, 0.05) is 7.05 Å². The lowest BCUT2D eigenvalue weighted by Crippen LogP contribution is -2.24. The van der Waals surface area contributed by atoms with E-state index in [1.807, 2.05) is 25.1 Å². The highest BCUT2D eigenvalue weighted by atomic mass is 16.2. The molecular formula is C11H11NO2. The van der Waals surface area contributed by atoms with E-state index in [2.05, 4.69) is 0 Å². The highest BCUT2D eigenvalue weighted by Crippen LogP contribution is 2.37. The number of para-hydroxylation sites is 1. The SMILES string of the molecule is Cc1cccc2c1N(C)C(=O)C2C=O. The van der Waals surface area contributed by atoms with Gasteiger partial charge in [0.25, 0.3) is 0 Å². The molecule has 72 valence electrons. The molecule has 1 amide bonds. The van der Waals surface area contributed by atoms with E-state index in [0.29, 0.717) is 6.29 Å². The molecule has 0 N–H and O–H groups in total. The molecule has 2 rings (SSSR count). The number of hydrogen-bond acceptors (Lipinski definition) is 2. The third kappa shape index (κ3) is 0.985. The number of rotatable bonds is 1. The molecule has 3 heteroatoms. The van der Waals surface area contributed by atoms with Gasteiger partial charge >= 0.3 is 0 Å². The maximum absolute atomic E-state index is 11.6. The number of likely N-dealkylation sites (N-methyl/N-ethyl adjacent to an activating group) is 1. The Morgan fingerprint density at radius 3 is 2.79 bits per heavy atom. The van der Waals surface area contributed by atoms with Crippen molar-refractivity contribution in [2.75, 3.05) is 11.9 Å². The van der Waals surface area contributed by atoms with Gasteiger partial charge in [-0.3, -0.25) is 4.79 Å². The molecule has 1 aliphatic rings. The fourth-order valence-electron chi connectivity index (χ4n) is 1.97. The first-order valence-corrected chi connectivity index (χ1v) is 4.49. The van der Waals surface area contributed by atoms with Gasteiger partial charge in [-0.05, 0) is 18.1 Å². The van der Waals surface area contributed by atoms with Crippen LogP contribution in [-0.2, 0) is 9.59 Å². The summed E-state index contributed by atoms with van der Waals surface area (Å²) in [6.07, 6.45) is 0.712. The fraction of sp³-hybridized carbons (Fsp3) is 0.273. The molecule has 1 aromatic rings. The average molecular weight is 189 g/mol. The number of fused-ring (bicyclic) bond motifs is 1. The maximum Gasteiger partial charge on any atom is 0.241 e. The highest BCUT2D eigenvalue weighted by Gasteiger charge is 2.35.